The number of rotatable bonds is 8. The van der Waals surface area contributed by atoms with E-state index in [2.05, 4.69) is 16.4 Å². The number of carbonyl (C=O) groups excluding carboxylic acids is 1. The van der Waals surface area contributed by atoms with Crippen molar-refractivity contribution in [2.24, 2.45) is 0 Å². The standard InChI is InChI=1S/C24H24N4O3S2/c1-3-31-23(29)20-15(2)26-22(16(14-25)21(20)19-10-6-12-32-19)33-13-7-11-28-18-9-5-4-8-17(18)27-24(28)30/h4-6,8-10,12,21,26H,3,7,11,13H2,1-2H3,(H,27,30). The van der Waals surface area contributed by atoms with Crippen LogP contribution >= 0.6 is 23.1 Å². The van der Waals surface area contributed by atoms with Gasteiger partial charge in [-0.1, -0.05) is 18.2 Å². The number of carbonyl (C=O) groups is 1. The first-order valence-corrected chi connectivity index (χ1v) is 12.5. The number of hydrogen-bond donors (Lipinski definition) is 2. The van der Waals surface area contributed by atoms with E-state index in [0.717, 1.165) is 27.4 Å². The van der Waals surface area contributed by atoms with Crippen LogP contribution in [0, 0.1) is 11.3 Å². The van der Waals surface area contributed by atoms with Crippen molar-refractivity contribution < 1.29 is 9.53 Å². The summed E-state index contributed by atoms with van der Waals surface area (Å²) in [5.74, 6) is -0.149. The minimum atomic E-state index is -0.450. The summed E-state index contributed by atoms with van der Waals surface area (Å²) in [7, 11) is 0. The lowest BCUT2D eigenvalue weighted by Crippen LogP contribution is -2.28. The van der Waals surface area contributed by atoms with Crippen LogP contribution in [0.1, 0.15) is 31.1 Å². The van der Waals surface area contributed by atoms with E-state index in [0.29, 0.717) is 29.1 Å². The Morgan fingerprint density at radius 3 is 2.85 bits per heavy atom. The zero-order chi connectivity index (χ0) is 23.4. The molecule has 1 aromatic carbocycles. The number of nitrogens with one attached hydrogen (secondary N) is 2. The first kappa shape index (κ1) is 23.0. The monoisotopic (exact) mass is 480 g/mol. The minimum absolute atomic E-state index is 0.121. The number of allylic oxidation sites excluding steroid dienone is 2. The quantitative estimate of drug-likeness (QED) is 0.364. The van der Waals surface area contributed by atoms with Crippen LogP contribution < -0.4 is 11.0 Å². The Morgan fingerprint density at radius 1 is 1.30 bits per heavy atom. The van der Waals surface area contributed by atoms with Crippen molar-refractivity contribution in [2.45, 2.75) is 32.7 Å². The number of thiophene rings is 1. The third-order valence-corrected chi connectivity index (χ3v) is 7.47. The van der Waals surface area contributed by atoms with Gasteiger partial charge in [0.25, 0.3) is 0 Å². The number of H-pyrrole nitrogens is 1. The maximum absolute atomic E-state index is 12.7. The van der Waals surface area contributed by atoms with E-state index >= 15 is 0 Å². The molecule has 3 heterocycles. The summed E-state index contributed by atoms with van der Waals surface area (Å²) in [5, 5.41) is 16.0. The second kappa shape index (κ2) is 10.1. The Balaban J connectivity index is 1.53. The highest BCUT2D eigenvalue weighted by atomic mass is 32.2. The van der Waals surface area contributed by atoms with Gasteiger partial charge in [0.2, 0.25) is 0 Å². The van der Waals surface area contributed by atoms with Gasteiger partial charge in [-0.2, -0.15) is 5.26 Å². The molecule has 0 radical (unpaired) electrons. The van der Waals surface area contributed by atoms with Gasteiger partial charge in [0.1, 0.15) is 0 Å². The molecular weight excluding hydrogens is 456 g/mol. The predicted molar refractivity (Wildman–Crippen MR) is 132 cm³/mol. The van der Waals surface area contributed by atoms with Gasteiger partial charge in [0.05, 0.1) is 45.8 Å². The lowest BCUT2D eigenvalue weighted by atomic mass is 9.87. The van der Waals surface area contributed by atoms with Crippen LogP contribution in [0.25, 0.3) is 11.0 Å². The van der Waals surface area contributed by atoms with Crippen LogP contribution in [0.5, 0.6) is 0 Å². The van der Waals surface area contributed by atoms with E-state index in [1.807, 2.05) is 48.7 Å². The number of thioether (sulfide) groups is 1. The number of nitrogens with zero attached hydrogens (tertiary/aromatic N) is 2. The van der Waals surface area contributed by atoms with Crippen molar-refractivity contribution in [3.05, 3.63) is 79.0 Å². The SMILES string of the molecule is CCOC(=O)C1=C(C)NC(SCCCn2c(=O)[nH]c3ccccc32)=C(C#N)C1c1cccs1. The molecule has 0 aliphatic carbocycles. The molecule has 3 aromatic rings. The number of ether oxygens (including phenoxy) is 1. The first-order chi connectivity index (χ1) is 16.0. The predicted octanol–water partition coefficient (Wildman–Crippen LogP) is 4.47. The molecule has 9 heteroatoms. The van der Waals surface area contributed by atoms with Gasteiger partial charge in [-0.25, -0.2) is 9.59 Å². The smallest absolute Gasteiger partial charge is 0.336 e. The molecule has 7 nitrogen and oxygen atoms in total. The summed E-state index contributed by atoms with van der Waals surface area (Å²) in [5.41, 5.74) is 3.28. The summed E-state index contributed by atoms with van der Waals surface area (Å²) in [6.45, 7) is 4.45. The maximum Gasteiger partial charge on any atom is 0.336 e. The number of aryl methyl sites for hydroxylation is 1. The highest BCUT2D eigenvalue weighted by molar-refractivity contribution is 8.03. The van der Waals surface area contributed by atoms with Crippen LogP contribution in [0.3, 0.4) is 0 Å². The number of hydrogen-bond acceptors (Lipinski definition) is 7. The summed E-state index contributed by atoms with van der Waals surface area (Å²) in [6.07, 6.45) is 0.744. The highest BCUT2D eigenvalue weighted by Gasteiger charge is 2.35. The average Bonchev–Trinajstić information content (AvgIpc) is 3.44. The van der Waals surface area contributed by atoms with E-state index in [-0.39, 0.29) is 12.3 Å². The molecule has 0 saturated carbocycles. The largest absolute Gasteiger partial charge is 0.463 e. The van der Waals surface area contributed by atoms with Crippen molar-refractivity contribution >= 4 is 40.1 Å². The summed E-state index contributed by atoms with van der Waals surface area (Å²) < 4.78 is 7.03. The Labute approximate surface area is 199 Å². The molecule has 1 aliphatic heterocycles. The van der Waals surface area contributed by atoms with E-state index in [9.17, 15) is 14.9 Å². The number of aromatic amines is 1. The van der Waals surface area contributed by atoms with Gasteiger partial charge < -0.3 is 15.0 Å². The molecule has 0 amide bonds. The second-order valence-corrected chi connectivity index (χ2v) is 9.57. The Bertz CT molecular complexity index is 1330. The normalized spacial score (nSPS) is 16.1. The first-order valence-electron chi connectivity index (χ1n) is 10.7. The van der Waals surface area contributed by atoms with Crippen LogP contribution in [-0.2, 0) is 16.1 Å². The van der Waals surface area contributed by atoms with Crippen molar-refractivity contribution in [3.8, 4) is 6.07 Å². The lowest BCUT2D eigenvalue weighted by Gasteiger charge is -2.28. The third kappa shape index (κ3) is 4.63. The number of esters is 1. The lowest BCUT2D eigenvalue weighted by molar-refractivity contribution is -0.138. The number of fused-ring (bicyclic) bond motifs is 1. The van der Waals surface area contributed by atoms with Gasteiger partial charge in [0.15, 0.2) is 0 Å². The fourth-order valence-electron chi connectivity index (χ4n) is 3.97. The number of para-hydroxylation sites is 2. The molecule has 170 valence electrons. The molecular formula is C24H24N4O3S2. The van der Waals surface area contributed by atoms with E-state index in [1.165, 1.54) is 23.1 Å². The molecule has 2 aromatic heterocycles. The van der Waals surface area contributed by atoms with E-state index < -0.39 is 11.9 Å². The highest BCUT2D eigenvalue weighted by Crippen LogP contribution is 2.42. The zero-order valence-corrected chi connectivity index (χ0v) is 20.0. The van der Waals surface area contributed by atoms with Crippen LogP contribution in [0.4, 0.5) is 0 Å². The van der Waals surface area contributed by atoms with Gasteiger partial charge in [-0.3, -0.25) is 4.57 Å². The van der Waals surface area contributed by atoms with Crippen LogP contribution in [0.15, 0.2) is 68.4 Å². The molecule has 0 spiro atoms. The second-order valence-electron chi connectivity index (χ2n) is 7.49. The third-order valence-electron chi connectivity index (χ3n) is 5.42. The molecule has 4 rings (SSSR count). The fraction of sp³-hybridized carbons (Fsp3) is 0.292. The Morgan fingerprint density at radius 2 is 2.12 bits per heavy atom. The molecule has 1 unspecified atom stereocenters. The van der Waals surface area contributed by atoms with Crippen LogP contribution in [0.2, 0.25) is 0 Å². The average molecular weight is 481 g/mol. The summed E-state index contributed by atoms with van der Waals surface area (Å²) in [6, 6.07) is 13.8. The van der Waals surface area contributed by atoms with Crippen LogP contribution in [-0.4, -0.2) is 27.9 Å². The van der Waals surface area contributed by atoms with E-state index in [1.54, 1.807) is 11.5 Å². The number of dihydropyridines is 1. The van der Waals surface area contributed by atoms with Gasteiger partial charge in [-0.05, 0) is 43.8 Å². The maximum atomic E-state index is 12.7. The van der Waals surface area contributed by atoms with Crippen molar-refractivity contribution in [2.75, 3.05) is 12.4 Å². The Hall–Kier alpha value is -3.22. The van der Waals surface area contributed by atoms with Gasteiger partial charge in [-0.15, -0.1) is 23.1 Å². The number of benzene rings is 1. The van der Waals surface area contributed by atoms with Gasteiger partial charge >= 0.3 is 11.7 Å². The molecule has 0 saturated heterocycles. The molecule has 0 fully saturated rings. The summed E-state index contributed by atoms with van der Waals surface area (Å²) in [4.78, 5) is 28.8. The van der Waals surface area contributed by atoms with Crippen molar-refractivity contribution in [3.63, 3.8) is 0 Å². The fourth-order valence-corrected chi connectivity index (χ4v) is 5.84. The number of imidazole rings is 1. The van der Waals surface area contributed by atoms with Crippen molar-refractivity contribution in [1.29, 1.82) is 5.26 Å². The molecule has 2 N–H and O–H groups in total. The Kier molecular flexibility index (Phi) is 7.06. The van der Waals surface area contributed by atoms with Crippen molar-refractivity contribution in [1.82, 2.24) is 14.9 Å². The number of aromatic nitrogens is 2. The minimum Gasteiger partial charge on any atom is -0.463 e. The van der Waals surface area contributed by atoms with Gasteiger partial charge in [0, 0.05) is 22.9 Å². The number of nitriles is 1. The molecule has 33 heavy (non-hydrogen) atoms. The molecule has 0 bridgehead atoms. The molecule has 1 atom stereocenters. The molecule has 1 aliphatic rings. The zero-order valence-electron chi connectivity index (χ0n) is 18.4. The van der Waals surface area contributed by atoms with E-state index in [4.69, 9.17) is 4.74 Å². The topological polar surface area (TPSA) is 99.9 Å². The summed E-state index contributed by atoms with van der Waals surface area (Å²) >= 11 is 3.05.